The van der Waals surface area contributed by atoms with Gasteiger partial charge >= 0.3 is 0 Å². The van der Waals surface area contributed by atoms with Crippen LogP contribution in [0.5, 0.6) is 0 Å². The Balaban J connectivity index is 1.39. The van der Waals surface area contributed by atoms with E-state index < -0.39 is 0 Å². The highest BCUT2D eigenvalue weighted by atomic mass is 79.9. The molecule has 2 unspecified atom stereocenters. The first-order valence-electron chi connectivity index (χ1n) is 10.9. The van der Waals surface area contributed by atoms with Crippen molar-refractivity contribution in [3.63, 3.8) is 0 Å². The molecule has 0 saturated heterocycles. The number of carbonyl (C=O) groups excluding carboxylic acids is 1. The van der Waals surface area contributed by atoms with Crippen LogP contribution in [0.3, 0.4) is 0 Å². The minimum atomic E-state index is -0.380. The van der Waals surface area contributed by atoms with Gasteiger partial charge in [-0.2, -0.15) is 0 Å². The average molecular weight is 498 g/mol. The molecular formula is C24H24BrN3O2S. The van der Waals surface area contributed by atoms with Crippen molar-refractivity contribution in [1.82, 2.24) is 9.66 Å². The number of fused-ring (bicyclic) bond motifs is 1. The minimum absolute atomic E-state index is 0.0260. The zero-order valence-electron chi connectivity index (χ0n) is 17.4. The summed E-state index contributed by atoms with van der Waals surface area (Å²) in [6, 6.07) is 9.92. The van der Waals surface area contributed by atoms with Gasteiger partial charge in [0.1, 0.15) is 11.2 Å². The Bertz CT molecular complexity index is 1250. The van der Waals surface area contributed by atoms with Crippen LogP contribution < -0.4 is 11.0 Å². The molecule has 5 nitrogen and oxygen atoms in total. The highest BCUT2D eigenvalue weighted by molar-refractivity contribution is 9.10. The van der Waals surface area contributed by atoms with Crippen molar-refractivity contribution in [2.45, 2.75) is 49.8 Å². The first kappa shape index (κ1) is 19.7. The summed E-state index contributed by atoms with van der Waals surface area (Å²) < 4.78 is 1.40. The lowest BCUT2D eigenvalue weighted by Gasteiger charge is -2.59. The lowest BCUT2D eigenvalue weighted by atomic mass is 9.49. The standard InChI is InChI=1S/C24H24BrN3O2S/c1-14-18(17-5-3-2-4-6-17)19-20(31-14)26-13-28(21(19)29)27-22(30)23-8-15-7-16(9-23)11-24(25,10-15)12-23/h2-6,13,15-16H,7-12H2,1H3,(H,27,30). The number of nitrogens with one attached hydrogen (secondary N) is 1. The average Bonchev–Trinajstić information content (AvgIpc) is 3.05. The molecule has 2 aromatic heterocycles. The molecule has 4 aliphatic rings. The topological polar surface area (TPSA) is 64.0 Å². The van der Waals surface area contributed by atoms with Crippen LogP contribution in [0.2, 0.25) is 0 Å². The van der Waals surface area contributed by atoms with Crippen molar-refractivity contribution < 1.29 is 4.79 Å². The van der Waals surface area contributed by atoms with Crippen molar-refractivity contribution in [3.05, 3.63) is 51.9 Å². The van der Waals surface area contributed by atoms with Gasteiger partial charge in [0.25, 0.3) is 5.56 Å². The van der Waals surface area contributed by atoms with Gasteiger partial charge in [-0.3, -0.25) is 15.0 Å². The molecule has 1 aromatic carbocycles. The third-order valence-corrected chi connectivity index (χ3v) is 9.49. The number of aryl methyl sites for hydroxylation is 1. The van der Waals surface area contributed by atoms with E-state index >= 15 is 0 Å². The van der Waals surface area contributed by atoms with E-state index in [-0.39, 0.29) is 21.2 Å². The van der Waals surface area contributed by atoms with Crippen molar-refractivity contribution in [2.24, 2.45) is 17.3 Å². The number of nitrogens with zero attached hydrogens (tertiary/aromatic N) is 2. The zero-order chi connectivity index (χ0) is 21.4. The Labute approximate surface area is 193 Å². The van der Waals surface area contributed by atoms with Gasteiger partial charge in [0.2, 0.25) is 5.91 Å². The third kappa shape index (κ3) is 3.04. The maximum atomic E-state index is 13.5. The number of aromatic nitrogens is 2. The van der Waals surface area contributed by atoms with E-state index in [4.69, 9.17) is 0 Å². The maximum absolute atomic E-state index is 13.5. The molecule has 0 aliphatic heterocycles. The molecule has 160 valence electrons. The summed E-state index contributed by atoms with van der Waals surface area (Å²) in [4.78, 5) is 33.3. The lowest BCUT2D eigenvalue weighted by molar-refractivity contribution is -0.139. The minimum Gasteiger partial charge on any atom is -0.273 e. The van der Waals surface area contributed by atoms with Crippen LogP contribution in [-0.2, 0) is 4.79 Å². The highest BCUT2D eigenvalue weighted by Crippen LogP contribution is 2.64. The second-order valence-corrected chi connectivity index (χ2v) is 12.7. The van der Waals surface area contributed by atoms with Gasteiger partial charge in [-0.15, -0.1) is 11.3 Å². The molecule has 7 rings (SSSR count). The second kappa shape index (κ2) is 6.75. The fourth-order valence-electron chi connectivity index (χ4n) is 6.78. The lowest BCUT2D eigenvalue weighted by Crippen LogP contribution is -2.58. The summed E-state index contributed by atoms with van der Waals surface area (Å²) in [5.41, 5.74) is 4.27. The molecule has 4 bridgehead atoms. The van der Waals surface area contributed by atoms with Gasteiger partial charge < -0.3 is 0 Å². The van der Waals surface area contributed by atoms with Crippen LogP contribution in [-0.4, -0.2) is 19.9 Å². The number of hydrogen-bond acceptors (Lipinski definition) is 4. The molecule has 4 aliphatic carbocycles. The predicted molar refractivity (Wildman–Crippen MR) is 127 cm³/mol. The fourth-order valence-corrected chi connectivity index (χ4v) is 9.23. The van der Waals surface area contributed by atoms with Crippen molar-refractivity contribution in [1.29, 1.82) is 0 Å². The van der Waals surface area contributed by atoms with Crippen molar-refractivity contribution in [3.8, 4) is 11.1 Å². The van der Waals surface area contributed by atoms with Crippen LogP contribution >= 0.6 is 27.3 Å². The van der Waals surface area contributed by atoms with Crippen molar-refractivity contribution >= 4 is 43.4 Å². The maximum Gasteiger partial charge on any atom is 0.281 e. The Morgan fingerprint density at radius 1 is 1.19 bits per heavy atom. The van der Waals surface area contributed by atoms with Gasteiger partial charge in [0, 0.05) is 14.8 Å². The molecular weight excluding hydrogens is 474 g/mol. The number of halogens is 1. The largest absolute Gasteiger partial charge is 0.281 e. The number of carbonyl (C=O) groups is 1. The zero-order valence-corrected chi connectivity index (χ0v) is 19.8. The molecule has 2 atom stereocenters. The first-order valence-corrected chi connectivity index (χ1v) is 12.5. The van der Waals surface area contributed by atoms with Crippen LogP contribution in [0.25, 0.3) is 21.3 Å². The number of thiophene rings is 1. The third-order valence-electron chi connectivity index (χ3n) is 7.54. The number of rotatable bonds is 3. The van der Waals surface area contributed by atoms with Crippen LogP contribution in [0.15, 0.2) is 41.5 Å². The Kier molecular flexibility index (Phi) is 4.29. The molecule has 0 radical (unpaired) electrons. The summed E-state index contributed by atoms with van der Waals surface area (Å²) in [6.07, 6.45) is 7.76. The van der Waals surface area contributed by atoms with Gasteiger partial charge in [-0.05, 0) is 62.8 Å². The molecule has 0 spiro atoms. The molecule has 31 heavy (non-hydrogen) atoms. The summed E-state index contributed by atoms with van der Waals surface area (Å²) in [5, 5.41) is 0.582. The summed E-state index contributed by atoms with van der Waals surface area (Å²) in [5.74, 6) is 1.18. The quantitative estimate of drug-likeness (QED) is 0.503. The number of alkyl halides is 1. The van der Waals surface area contributed by atoms with E-state index in [1.165, 1.54) is 41.6 Å². The fraction of sp³-hybridized carbons (Fsp3) is 0.458. The van der Waals surface area contributed by atoms with Gasteiger partial charge in [-0.25, -0.2) is 9.66 Å². The van der Waals surface area contributed by atoms with Crippen molar-refractivity contribution in [2.75, 3.05) is 5.43 Å². The smallest absolute Gasteiger partial charge is 0.273 e. The van der Waals surface area contributed by atoms with E-state index in [0.717, 1.165) is 35.3 Å². The summed E-state index contributed by atoms with van der Waals surface area (Å²) >= 11 is 5.49. The van der Waals surface area contributed by atoms with E-state index in [9.17, 15) is 9.59 Å². The normalized spacial score (nSPS) is 31.3. The van der Waals surface area contributed by atoms with Crippen LogP contribution in [0.1, 0.15) is 43.4 Å². The van der Waals surface area contributed by atoms with E-state index in [1.807, 2.05) is 37.3 Å². The molecule has 1 amide bonds. The van der Waals surface area contributed by atoms with Gasteiger partial charge in [0.05, 0.1) is 10.8 Å². The number of amides is 1. The van der Waals surface area contributed by atoms with Gasteiger partial charge in [0.15, 0.2) is 0 Å². The number of hydrogen-bond donors (Lipinski definition) is 1. The van der Waals surface area contributed by atoms with E-state index in [2.05, 4.69) is 26.3 Å². The summed E-state index contributed by atoms with van der Waals surface area (Å²) in [7, 11) is 0. The Hall–Kier alpha value is -1.99. The number of benzene rings is 1. The highest BCUT2D eigenvalue weighted by Gasteiger charge is 2.59. The van der Waals surface area contributed by atoms with Crippen LogP contribution in [0, 0.1) is 24.2 Å². The molecule has 4 saturated carbocycles. The Morgan fingerprint density at radius 3 is 2.58 bits per heavy atom. The molecule has 4 fully saturated rings. The van der Waals surface area contributed by atoms with E-state index in [0.29, 0.717) is 22.1 Å². The SMILES string of the molecule is Cc1sc2ncn(NC(=O)C34CC5CC(CC(Br)(C5)C3)C4)c(=O)c2c1-c1ccccc1. The van der Waals surface area contributed by atoms with E-state index in [1.54, 1.807) is 0 Å². The second-order valence-electron chi connectivity index (χ2n) is 9.83. The van der Waals surface area contributed by atoms with Gasteiger partial charge in [-0.1, -0.05) is 46.3 Å². The molecule has 7 heteroatoms. The molecule has 3 aromatic rings. The predicted octanol–water partition coefficient (Wildman–Crippen LogP) is 5.24. The molecule has 1 N–H and O–H groups in total. The monoisotopic (exact) mass is 497 g/mol. The molecule has 2 heterocycles. The van der Waals surface area contributed by atoms with Crippen LogP contribution in [0.4, 0.5) is 0 Å². The summed E-state index contributed by atoms with van der Waals surface area (Å²) in [6.45, 7) is 2.02. The first-order chi connectivity index (χ1) is 14.9. The Morgan fingerprint density at radius 2 is 1.90 bits per heavy atom.